The Morgan fingerprint density at radius 3 is 2.60 bits per heavy atom. The molecule has 1 unspecified atom stereocenters. The van der Waals surface area contributed by atoms with Gasteiger partial charge < -0.3 is 5.32 Å². The van der Waals surface area contributed by atoms with Gasteiger partial charge in [-0.25, -0.2) is 0 Å². The van der Waals surface area contributed by atoms with Crippen LogP contribution in [0.15, 0.2) is 28.6 Å². The van der Waals surface area contributed by atoms with Crippen molar-refractivity contribution < 1.29 is 4.79 Å². The second kappa shape index (κ2) is 8.45. The van der Waals surface area contributed by atoms with E-state index in [1.54, 1.807) is 23.9 Å². The van der Waals surface area contributed by atoms with Crippen molar-refractivity contribution in [3.05, 3.63) is 35.4 Å². The lowest BCUT2D eigenvalue weighted by Gasteiger charge is -2.26. The highest BCUT2D eigenvalue weighted by atomic mass is 32.2. The molecule has 0 aliphatic carbocycles. The van der Waals surface area contributed by atoms with Crippen LogP contribution in [0, 0.1) is 22.7 Å². The fourth-order valence-corrected chi connectivity index (χ4v) is 3.62. The number of amides is 1. The number of nitriles is 1. The smallest absolute Gasteiger partial charge is 0.226 e. The Balaban J connectivity index is 1.85. The highest BCUT2D eigenvalue weighted by Crippen LogP contribution is 2.30. The Bertz CT molecular complexity index is 757. The van der Waals surface area contributed by atoms with E-state index in [0.29, 0.717) is 17.1 Å². The van der Waals surface area contributed by atoms with Crippen molar-refractivity contribution in [2.75, 3.05) is 5.32 Å². The van der Waals surface area contributed by atoms with Crippen LogP contribution < -0.4 is 5.32 Å². The van der Waals surface area contributed by atoms with Gasteiger partial charge in [-0.15, -0.1) is 10.2 Å². The molecular weight excluding hydrogens is 352 g/mol. The highest BCUT2D eigenvalue weighted by Gasteiger charge is 2.23. The van der Waals surface area contributed by atoms with Crippen LogP contribution in [0.1, 0.15) is 45.2 Å². The summed E-state index contributed by atoms with van der Waals surface area (Å²) in [6.45, 7) is 8.48. The first-order chi connectivity index (χ1) is 11.8. The fraction of sp³-hybridized carbons (Fsp3) is 0.444. The number of nitrogens with one attached hydrogen (secondary N) is 1. The third-order valence-corrected chi connectivity index (χ3v) is 6.11. The van der Waals surface area contributed by atoms with Crippen molar-refractivity contribution >= 4 is 34.1 Å². The number of benzene rings is 1. The zero-order valence-electron chi connectivity index (χ0n) is 14.9. The normalized spacial score (nSPS) is 12.4. The summed E-state index contributed by atoms with van der Waals surface area (Å²) in [5.41, 5.74) is 1.86. The molecule has 0 bridgehead atoms. The van der Waals surface area contributed by atoms with Crippen molar-refractivity contribution in [1.82, 2.24) is 10.2 Å². The van der Waals surface area contributed by atoms with Crippen molar-refractivity contribution in [2.45, 2.75) is 44.2 Å². The average Bonchev–Trinajstić information content (AvgIpc) is 2.99. The van der Waals surface area contributed by atoms with Gasteiger partial charge in [-0.05, 0) is 29.0 Å². The lowest BCUT2D eigenvalue weighted by atomic mass is 9.80. The zero-order chi connectivity index (χ0) is 18.4. The van der Waals surface area contributed by atoms with Gasteiger partial charge in [0.05, 0.1) is 11.6 Å². The average molecular weight is 375 g/mol. The molecule has 1 amide bonds. The van der Waals surface area contributed by atoms with Crippen LogP contribution in [0.25, 0.3) is 0 Å². The lowest BCUT2D eigenvalue weighted by Crippen LogP contribution is -2.23. The minimum Gasteiger partial charge on any atom is -0.300 e. The summed E-state index contributed by atoms with van der Waals surface area (Å²) >= 11 is 2.94. The highest BCUT2D eigenvalue weighted by molar-refractivity contribution is 8.00. The molecular formula is C18H22N4OS2. The van der Waals surface area contributed by atoms with Gasteiger partial charge in [-0.3, -0.25) is 4.79 Å². The van der Waals surface area contributed by atoms with Crippen LogP contribution >= 0.6 is 23.1 Å². The molecule has 1 N–H and O–H groups in total. The lowest BCUT2D eigenvalue weighted by molar-refractivity contribution is -0.117. The fourth-order valence-electron chi connectivity index (χ4n) is 1.89. The van der Waals surface area contributed by atoms with Crippen LogP contribution in [0.3, 0.4) is 0 Å². The molecule has 0 saturated heterocycles. The molecule has 1 aromatic heterocycles. The Labute approximate surface area is 156 Å². The maximum absolute atomic E-state index is 12.1. The van der Waals surface area contributed by atoms with Gasteiger partial charge in [0.2, 0.25) is 11.0 Å². The van der Waals surface area contributed by atoms with E-state index in [-0.39, 0.29) is 17.2 Å². The quantitative estimate of drug-likeness (QED) is 0.585. The maximum atomic E-state index is 12.1. The topological polar surface area (TPSA) is 78.7 Å². The Kier molecular flexibility index (Phi) is 6.57. The predicted octanol–water partition coefficient (Wildman–Crippen LogP) is 4.71. The number of rotatable bonds is 6. The van der Waals surface area contributed by atoms with Gasteiger partial charge in [0, 0.05) is 12.2 Å². The molecule has 1 aromatic carbocycles. The second-order valence-corrected chi connectivity index (χ2v) is 9.19. The van der Waals surface area contributed by atoms with Gasteiger partial charge in [-0.1, -0.05) is 62.9 Å². The van der Waals surface area contributed by atoms with E-state index in [9.17, 15) is 4.79 Å². The maximum Gasteiger partial charge on any atom is 0.226 e. The second-order valence-electron chi connectivity index (χ2n) is 6.99. The SMILES string of the molecule is CC(CC(=O)Nc1nnc(SCc2ccc(C#N)cc2)s1)C(C)(C)C. The standard InChI is InChI=1S/C18H22N4OS2/c1-12(18(2,3)4)9-15(23)20-16-21-22-17(25-16)24-11-14-7-5-13(10-19)6-8-14/h5-8,12H,9,11H2,1-4H3,(H,20,21,23). The molecule has 132 valence electrons. The summed E-state index contributed by atoms with van der Waals surface area (Å²) in [4.78, 5) is 12.1. The van der Waals surface area contributed by atoms with Crippen LogP contribution in [-0.2, 0) is 10.5 Å². The van der Waals surface area contributed by atoms with Crippen molar-refractivity contribution in [3.63, 3.8) is 0 Å². The van der Waals surface area contributed by atoms with E-state index in [1.807, 2.05) is 12.1 Å². The van der Waals surface area contributed by atoms with Gasteiger partial charge in [0.25, 0.3) is 0 Å². The summed E-state index contributed by atoms with van der Waals surface area (Å²) in [6, 6.07) is 9.58. The minimum absolute atomic E-state index is 0.0257. The number of nitrogens with zero attached hydrogens (tertiary/aromatic N) is 3. The van der Waals surface area contributed by atoms with Crippen LogP contribution in [0.4, 0.5) is 5.13 Å². The summed E-state index contributed by atoms with van der Waals surface area (Å²) in [7, 11) is 0. The van der Waals surface area contributed by atoms with E-state index in [4.69, 9.17) is 5.26 Å². The van der Waals surface area contributed by atoms with E-state index in [1.165, 1.54) is 11.3 Å². The van der Waals surface area contributed by atoms with Gasteiger partial charge in [0.1, 0.15) is 0 Å². The first kappa shape index (κ1) is 19.4. The predicted molar refractivity (Wildman–Crippen MR) is 102 cm³/mol. The van der Waals surface area contributed by atoms with Crippen molar-refractivity contribution in [3.8, 4) is 6.07 Å². The summed E-state index contributed by atoms with van der Waals surface area (Å²) < 4.78 is 0.809. The summed E-state index contributed by atoms with van der Waals surface area (Å²) in [5, 5.41) is 20.3. The molecule has 2 rings (SSSR count). The summed E-state index contributed by atoms with van der Waals surface area (Å²) in [6.07, 6.45) is 0.469. The molecule has 25 heavy (non-hydrogen) atoms. The Hall–Kier alpha value is -1.91. The molecule has 1 heterocycles. The van der Waals surface area contributed by atoms with Gasteiger partial charge in [0.15, 0.2) is 4.34 Å². The first-order valence-electron chi connectivity index (χ1n) is 8.03. The third kappa shape index (κ3) is 6.15. The molecule has 0 spiro atoms. The number of carbonyl (C=O) groups excluding carboxylic acids is 1. The largest absolute Gasteiger partial charge is 0.300 e. The molecule has 0 saturated carbocycles. The van der Waals surface area contributed by atoms with Crippen LogP contribution in [-0.4, -0.2) is 16.1 Å². The molecule has 2 aromatic rings. The number of hydrogen-bond donors (Lipinski definition) is 1. The summed E-state index contributed by atoms with van der Waals surface area (Å²) in [5.74, 6) is 1.00. The van der Waals surface area contributed by atoms with E-state index < -0.39 is 0 Å². The molecule has 0 radical (unpaired) electrons. The number of thioether (sulfide) groups is 1. The third-order valence-electron chi connectivity index (χ3n) is 4.07. The van der Waals surface area contributed by atoms with Crippen molar-refractivity contribution in [2.24, 2.45) is 11.3 Å². The monoisotopic (exact) mass is 374 g/mol. The first-order valence-corrected chi connectivity index (χ1v) is 9.83. The molecule has 0 aliphatic rings. The van der Waals surface area contributed by atoms with Crippen LogP contribution in [0.5, 0.6) is 0 Å². The molecule has 1 atom stereocenters. The van der Waals surface area contributed by atoms with E-state index >= 15 is 0 Å². The van der Waals surface area contributed by atoms with Gasteiger partial charge in [-0.2, -0.15) is 5.26 Å². The Morgan fingerprint density at radius 2 is 2.00 bits per heavy atom. The number of hydrogen-bond acceptors (Lipinski definition) is 6. The van der Waals surface area contributed by atoms with E-state index in [2.05, 4.69) is 49.3 Å². The molecule has 0 fully saturated rings. The zero-order valence-corrected chi connectivity index (χ0v) is 16.5. The van der Waals surface area contributed by atoms with Crippen LogP contribution in [0.2, 0.25) is 0 Å². The number of anilines is 1. The van der Waals surface area contributed by atoms with Crippen molar-refractivity contribution in [1.29, 1.82) is 5.26 Å². The Morgan fingerprint density at radius 1 is 1.32 bits per heavy atom. The molecule has 5 nitrogen and oxygen atoms in total. The number of carbonyl (C=O) groups is 1. The van der Waals surface area contributed by atoms with Gasteiger partial charge >= 0.3 is 0 Å². The number of aromatic nitrogens is 2. The minimum atomic E-state index is -0.0257. The molecule has 0 aliphatic heterocycles. The molecule has 7 heteroatoms. The van der Waals surface area contributed by atoms with E-state index in [0.717, 1.165) is 15.7 Å².